The van der Waals surface area contributed by atoms with Crippen molar-refractivity contribution in [2.24, 2.45) is 0 Å². The molecule has 7 nitrogen and oxygen atoms in total. The van der Waals surface area contributed by atoms with E-state index >= 15 is 0 Å². The summed E-state index contributed by atoms with van der Waals surface area (Å²) in [5.74, 6) is 0.126. The van der Waals surface area contributed by atoms with Crippen LogP contribution in [-0.4, -0.2) is 92.6 Å². The molecule has 0 aromatic rings. The first-order valence-corrected chi connectivity index (χ1v) is 9.13. The molecule has 0 radical (unpaired) electrons. The smallest absolute Gasteiger partial charge is 0.215 e. The molecule has 2 aliphatic heterocycles. The maximum absolute atomic E-state index is 12.5. The molecule has 2 aliphatic rings. The molecule has 0 spiro atoms. The average molecular weight is 321 g/mol. The van der Waals surface area contributed by atoms with Crippen LogP contribution in [0.4, 0.5) is 0 Å². The van der Waals surface area contributed by atoms with E-state index < -0.39 is 21.7 Å². The molecule has 0 aliphatic carbocycles. The van der Waals surface area contributed by atoms with Crippen molar-refractivity contribution in [3.8, 4) is 0 Å². The van der Waals surface area contributed by atoms with Crippen LogP contribution in [0.15, 0.2) is 0 Å². The molecule has 2 saturated heterocycles. The second-order valence-corrected chi connectivity index (χ2v) is 8.47. The number of aliphatic hydroxyl groups excluding tert-OH is 1. The van der Waals surface area contributed by atoms with Gasteiger partial charge in [0.05, 0.1) is 24.1 Å². The fraction of sp³-hybridized carbons (Fsp3) is 1.00. The van der Waals surface area contributed by atoms with Crippen LogP contribution >= 0.6 is 0 Å². The highest BCUT2D eigenvalue weighted by Crippen LogP contribution is 2.23. The predicted molar refractivity (Wildman–Crippen MR) is 80.7 cm³/mol. The Labute approximate surface area is 127 Å². The molecule has 2 heterocycles. The number of morpholine rings is 1. The average Bonchev–Trinajstić information content (AvgIpc) is 2.44. The van der Waals surface area contributed by atoms with Crippen molar-refractivity contribution in [2.45, 2.75) is 25.6 Å². The Balaban J connectivity index is 1.94. The number of rotatable bonds is 5. The first-order chi connectivity index (χ1) is 9.82. The summed E-state index contributed by atoms with van der Waals surface area (Å²) in [7, 11) is -3.32. The molecular weight excluding hydrogens is 294 g/mol. The van der Waals surface area contributed by atoms with Crippen LogP contribution in [0.3, 0.4) is 0 Å². The van der Waals surface area contributed by atoms with Gasteiger partial charge in [0.1, 0.15) is 0 Å². The third-order valence-corrected chi connectivity index (χ3v) is 5.69. The van der Waals surface area contributed by atoms with Crippen molar-refractivity contribution < 1.29 is 18.3 Å². The van der Waals surface area contributed by atoms with Gasteiger partial charge in [-0.1, -0.05) is 0 Å². The van der Waals surface area contributed by atoms with E-state index in [2.05, 4.69) is 10.2 Å². The quantitative estimate of drug-likeness (QED) is 0.655. The minimum absolute atomic E-state index is 0.126. The molecule has 0 saturated carbocycles. The van der Waals surface area contributed by atoms with Crippen LogP contribution in [0, 0.1) is 0 Å². The normalized spacial score (nSPS) is 28.6. The molecule has 0 amide bonds. The molecule has 8 heteroatoms. The monoisotopic (exact) mass is 321 g/mol. The van der Waals surface area contributed by atoms with Crippen LogP contribution in [0.1, 0.15) is 13.8 Å². The van der Waals surface area contributed by atoms with E-state index in [1.54, 1.807) is 0 Å². The number of aliphatic hydroxyl groups is 1. The second kappa shape index (κ2) is 6.89. The van der Waals surface area contributed by atoms with Gasteiger partial charge in [-0.3, -0.25) is 4.90 Å². The predicted octanol–water partition coefficient (Wildman–Crippen LogP) is -1.31. The molecule has 21 heavy (non-hydrogen) atoms. The van der Waals surface area contributed by atoms with E-state index in [1.807, 2.05) is 13.8 Å². The zero-order valence-electron chi connectivity index (χ0n) is 12.9. The molecule has 2 rings (SSSR count). The minimum Gasteiger partial charge on any atom is -0.394 e. The van der Waals surface area contributed by atoms with E-state index in [1.165, 1.54) is 4.31 Å². The molecule has 2 N–H and O–H groups in total. The fourth-order valence-corrected chi connectivity index (χ4v) is 4.51. The Morgan fingerprint density at radius 3 is 2.62 bits per heavy atom. The van der Waals surface area contributed by atoms with Crippen LogP contribution in [0.2, 0.25) is 0 Å². The minimum atomic E-state index is -3.32. The maximum atomic E-state index is 12.5. The Hall–Kier alpha value is -0.250. The molecule has 0 aromatic heterocycles. The summed E-state index contributed by atoms with van der Waals surface area (Å²) in [6.45, 7) is 8.30. The summed E-state index contributed by atoms with van der Waals surface area (Å²) in [5.41, 5.74) is -0.562. The first-order valence-electron chi connectivity index (χ1n) is 7.52. The van der Waals surface area contributed by atoms with Crippen molar-refractivity contribution in [2.75, 3.05) is 58.2 Å². The number of sulfonamides is 1. The van der Waals surface area contributed by atoms with Crippen molar-refractivity contribution in [3.63, 3.8) is 0 Å². The van der Waals surface area contributed by atoms with Gasteiger partial charge in [-0.25, -0.2) is 8.42 Å². The Kier molecular flexibility index (Phi) is 5.61. The molecule has 2 fully saturated rings. The Morgan fingerprint density at radius 2 is 2.00 bits per heavy atom. The largest absolute Gasteiger partial charge is 0.394 e. The van der Waals surface area contributed by atoms with Gasteiger partial charge in [0, 0.05) is 45.8 Å². The molecule has 124 valence electrons. The number of hydrogen-bond acceptors (Lipinski definition) is 6. The lowest BCUT2D eigenvalue weighted by atomic mass is 10.1. The van der Waals surface area contributed by atoms with Crippen molar-refractivity contribution in [1.29, 1.82) is 0 Å². The summed E-state index contributed by atoms with van der Waals surface area (Å²) < 4.78 is 32.2. The van der Waals surface area contributed by atoms with E-state index in [0.717, 1.165) is 26.2 Å². The van der Waals surface area contributed by atoms with Gasteiger partial charge in [0.15, 0.2) is 0 Å². The summed E-state index contributed by atoms with van der Waals surface area (Å²) in [4.78, 5) is 2.17. The summed E-state index contributed by atoms with van der Waals surface area (Å²) in [6.07, 6.45) is -0.442. The van der Waals surface area contributed by atoms with E-state index in [9.17, 15) is 13.5 Å². The Morgan fingerprint density at radius 1 is 1.33 bits per heavy atom. The molecular formula is C13H27N3O4S. The summed E-state index contributed by atoms with van der Waals surface area (Å²) in [6, 6.07) is 0. The lowest BCUT2D eigenvalue weighted by molar-refractivity contribution is -0.131. The maximum Gasteiger partial charge on any atom is 0.215 e. The van der Waals surface area contributed by atoms with Gasteiger partial charge in [-0.05, 0) is 13.8 Å². The van der Waals surface area contributed by atoms with Crippen LogP contribution in [-0.2, 0) is 14.8 Å². The van der Waals surface area contributed by atoms with Gasteiger partial charge < -0.3 is 15.2 Å². The number of piperazine rings is 1. The Bertz CT molecular complexity index is 435. The number of ether oxygens (including phenoxy) is 1. The van der Waals surface area contributed by atoms with Crippen LogP contribution < -0.4 is 5.32 Å². The molecule has 1 atom stereocenters. The molecule has 1 unspecified atom stereocenters. The summed E-state index contributed by atoms with van der Waals surface area (Å²) in [5, 5.41) is 12.5. The third-order valence-electron chi connectivity index (χ3n) is 3.92. The second-order valence-electron chi connectivity index (χ2n) is 6.38. The van der Waals surface area contributed by atoms with Gasteiger partial charge in [0.25, 0.3) is 0 Å². The van der Waals surface area contributed by atoms with Gasteiger partial charge in [0.2, 0.25) is 10.0 Å². The van der Waals surface area contributed by atoms with E-state index in [-0.39, 0.29) is 18.9 Å². The van der Waals surface area contributed by atoms with Crippen molar-refractivity contribution in [1.82, 2.24) is 14.5 Å². The van der Waals surface area contributed by atoms with Gasteiger partial charge in [-0.15, -0.1) is 0 Å². The number of nitrogens with zero attached hydrogens (tertiary/aromatic N) is 2. The highest BCUT2D eigenvalue weighted by molar-refractivity contribution is 7.89. The first kappa shape index (κ1) is 17.1. The summed E-state index contributed by atoms with van der Waals surface area (Å²) >= 11 is 0. The lowest BCUT2D eigenvalue weighted by Crippen LogP contribution is -2.56. The SMILES string of the molecule is CC1(C)CN(S(=O)(=O)CCN2CCNCC2)CC(CO)O1. The lowest BCUT2D eigenvalue weighted by Gasteiger charge is -2.41. The zero-order chi connectivity index (χ0) is 15.5. The third kappa shape index (κ3) is 4.87. The molecule has 0 aromatic carbocycles. The van der Waals surface area contributed by atoms with Crippen molar-refractivity contribution >= 4 is 10.0 Å². The number of hydrogen-bond donors (Lipinski definition) is 2. The highest BCUT2D eigenvalue weighted by atomic mass is 32.2. The van der Waals surface area contributed by atoms with Crippen molar-refractivity contribution in [3.05, 3.63) is 0 Å². The van der Waals surface area contributed by atoms with E-state index in [0.29, 0.717) is 13.1 Å². The van der Waals surface area contributed by atoms with Gasteiger partial charge >= 0.3 is 0 Å². The number of nitrogens with one attached hydrogen (secondary N) is 1. The standard InChI is InChI=1S/C13H27N3O4S/c1-13(2)11-16(9-12(10-17)20-13)21(18,19)8-7-15-5-3-14-4-6-15/h12,14,17H,3-11H2,1-2H3. The van der Waals surface area contributed by atoms with Crippen LogP contribution in [0.25, 0.3) is 0 Å². The van der Waals surface area contributed by atoms with E-state index in [4.69, 9.17) is 4.74 Å². The van der Waals surface area contributed by atoms with Gasteiger partial charge in [-0.2, -0.15) is 4.31 Å². The molecule has 0 bridgehead atoms. The van der Waals surface area contributed by atoms with Crippen LogP contribution in [0.5, 0.6) is 0 Å². The fourth-order valence-electron chi connectivity index (χ4n) is 2.86. The highest BCUT2D eigenvalue weighted by Gasteiger charge is 2.38. The zero-order valence-corrected chi connectivity index (χ0v) is 13.7. The topological polar surface area (TPSA) is 82.1 Å².